The smallest absolute Gasteiger partial charge is 0.303 e. The highest BCUT2D eigenvalue weighted by Crippen LogP contribution is 2.00. The fourth-order valence-electron chi connectivity index (χ4n) is 1.11. The van der Waals surface area contributed by atoms with Crippen LogP contribution in [-0.4, -0.2) is 29.6 Å². The average Bonchev–Trinajstić information content (AvgIpc) is 2.03. The Kier molecular flexibility index (Phi) is 6.74. The molecule has 0 radical (unpaired) electrons. The zero-order valence-corrected chi connectivity index (χ0v) is 8.45. The van der Waals surface area contributed by atoms with E-state index in [0.717, 1.165) is 0 Å². The highest BCUT2D eigenvalue weighted by Gasteiger charge is 2.06. The quantitative estimate of drug-likeness (QED) is 0.545. The Morgan fingerprint density at radius 1 is 1.43 bits per heavy atom. The molecule has 0 heterocycles. The third kappa shape index (κ3) is 7.54. The van der Waals surface area contributed by atoms with Crippen LogP contribution in [0.4, 0.5) is 0 Å². The molecule has 0 saturated heterocycles. The van der Waals surface area contributed by atoms with Gasteiger partial charge in [-0.05, 0) is 19.8 Å². The molecule has 1 unspecified atom stereocenters. The molecule has 4 N–H and O–H groups in total. The van der Waals surface area contributed by atoms with Gasteiger partial charge >= 0.3 is 5.97 Å². The molecule has 5 nitrogen and oxygen atoms in total. The van der Waals surface area contributed by atoms with Crippen LogP contribution >= 0.6 is 0 Å². The minimum atomic E-state index is -0.800. The Labute approximate surface area is 83.7 Å². The lowest BCUT2D eigenvalue weighted by Gasteiger charge is -2.12. The number of carboxylic acid groups (broad SMARTS) is 1. The molecular weight excluding hydrogens is 184 g/mol. The maximum absolute atomic E-state index is 11.0. The van der Waals surface area contributed by atoms with Crippen LogP contribution in [0.3, 0.4) is 0 Å². The van der Waals surface area contributed by atoms with E-state index in [9.17, 15) is 9.59 Å². The third-order valence-electron chi connectivity index (χ3n) is 1.81. The van der Waals surface area contributed by atoms with Crippen molar-refractivity contribution in [3.8, 4) is 0 Å². The number of hydrogen-bond acceptors (Lipinski definition) is 3. The first-order chi connectivity index (χ1) is 6.56. The monoisotopic (exact) mass is 202 g/mol. The van der Waals surface area contributed by atoms with Gasteiger partial charge in [0.1, 0.15) is 0 Å². The van der Waals surface area contributed by atoms with Crippen molar-refractivity contribution in [1.29, 1.82) is 0 Å². The largest absolute Gasteiger partial charge is 0.481 e. The Hall–Kier alpha value is -1.10. The van der Waals surface area contributed by atoms with E-state index in [1.165, 1.54) is 0 Å². The molecule has 0 aromatic carbocycles. The van der Waals surface area contributed by atoms with Crippen molar-refractivity contribution in [3.63, 3.8) is 0 Å². The van der Waals surface area contributed by atoms with Gasteiger partial charge in [0.15, 0.2) is 0 Å². The lowest BCUT2D eigenvalue weighted by atomic mass is 10.1. The lowest BCUT2D eigenvalue weighted by Crippen LogP contribution is -2.33. The van der Waals surface area contributed by atoms with Crippen LogP contribution in [0.15, 0.2) is 0 Å². The predicted octanol–water partition coefficient (Wildman–Crippen LogP) is 0.0948. The van der Waals surface area contributed by atoms with Gasteiger partial charge in [0.05, 0.1) is 0 Å². The molecule has 1 amide bonds. The topological polar surface area (TPSA) is 92.4 Å². The zero-order valence-electron chi connectivity index (χ0n) is 8.45. The summed E-state index contributed by atoms with van der Waals surface area (Å²) >= 11 is 0. The SMILES string of the molecule is CC(CCCC(=O)O)NC(=O)CCN. The Morgan fingerprint density at radius 2 is 2.07 bits per heavy atom. The number of aliphatic carboxylic acids is 1. The van der Waals surface area contributed by atoms with Gasteiger partial charge in [-0.25, -0.2) is 0 Å². The molecule has 0 fully saturated rings. The summed E-state index contributed by atoms with van der Waals surface area (Å²) in [6.45, 7) is 2.20. The first-order valence-electron chi connectivity index (χ1n) is 4.77. The Bertz CT molecular complexity index is 194. The molecule has 0 bridgehead atoms. The van der Waals surface area contributed by atoms with Crippen molar-refractivity contribution < 1.29 is 14.7 Å². The summed E-state index contributed by atoms with van der Waals surface area (Å²) in [5, 5.41) is 11.1. The Balaban J connectivity index is 3.49. The molecular formula is C9H18N2O3. The second-order valence-corrected chi connectivity index (χ2v) is 3.29. The van der Waals surface area contributed by atoms with Crippen LogP contribution in [0.2, 0.25) is 0 Å². The number of nitrogens with two attached hydrogens (primary N) is 1. The van der Waals surface area contributed by atoms with Crippen molar-refractivity contribution in [2.75, 3.05) is 6.54 Å². The fourth-order valence-corrected chi connectivity index (χ4v) is 1.11. The van der Waals surface area contributed by atoms with Crippen LogP contribution in [0.5, 0.6) is 0 Å². The van der Waals surface area contributed by atoms with Gasteiger partial charge in [0.25, 0.3) is 0 Å². The van der Waals surface area contributed by atoms with E-state index < -0.39 is 5.97 Å². The van der Waals surface area contributed by atoms with Crippen molar-refractivity contribution in [3.05, 3.63) is 0 Å². The number of amides is 1. The zero-order chi connectivity index (χ0) is 11.0. The van der Waals surface area contributed by atoms with Gasteiger partial charge in [-0.2, -0.15) is 0 Å². The third-order valence-corrected chi connectivity index (χ3v) is 1.81. The number of carbonyl (C=O) groups is 2. The number of carboxylic acids is 1. The second kappa shape index (κ2) is 7.32. The molecule has 0 aliphatic carbocycles. The number of nitrogens with one attached hydrogen (secondary N) is 1. The first-order valence-corrected chi connectivity index (χ1v) is 4.77. The van der Waals surface area contributed by atoms with Gasteiger partial charge in [0, 0.05) is 25.4 Å². The summed E-state index contributed by atoms with van der Waals surface area (Å²) in [7, 11) is 0. The maximum Gasteiger partial charge on any atom is 0.303 e. The van der Waals surface area contributed by atoms with E-state index in [2.05, 4.69) is 5.32 Å². The number of hydrogen-bond donors (Lipinski definition) is 3. The highest BCUT2D eigenvalue weighted by atomic mass is 16.4. The molecule has 0 rings (SSSR count). The second-order valence-electron chi connectivity index (χ2n) is 3.29. The normalized spacial score (nSPS) is 12.1. The van der Waals surface area contributed by atoms with Crippen LogP contribution in [0.1, 0.15) is 32.6 Å². The Morgan fingerprint density at radius 3 is 2.57 bits per heavy atom. The van der Waals surface area contributed by atoms with E-state index in [1.54, 1.807) is 0 Å². The fraction of sp³-hybridized carbons (Fsp3) is 0.778. The van der Waals surface area contributed by atoms with E-state index >= 15 is 0 Å². The lowest BCUT2D eigenvalue weighted by molar-refractivity contribution is -0.137. The molecule has 14 heavy (non-hydrogen) atoms. The molecule has 0 aliphatic rings. The van der Waals surface area contributed by atoms with E-state index in [4.69, 9.17) is 10.8 Å². The summed E-state index contributed by atoms with van der Waals surface area (Å²) in [6.07, 6.45) is 1.74. The van der Waals surface area contributed by atoms with E-state index in [-0.39, 0.29) is 18.4 Å². The molecule has 0 aromatic heterocycles. The molecule has 5 heteroatoms. The molecule has 0 aliphatic heterocycles. The summed E-state index contributed by atoms with van der Waals surface area (Å²) < 4.78 is 0. The average molecular weight is 202 g/mol. The minimum Gasteiger partial charge on any atom is -0.481 e. The van der Waals surface area contributed by atoms with E-state index in [1.807, 2.05) is 6.92 Å². The van der Waals surface area contributed by atoms with Crippen LogP contribution in [0, 0.1) is 0 Å². The predicted molar refractivity (Wildman–Crippen MR) is 52.8 cm³/mol. The molecule has 0 spiro atoms. The van der Waals surface area contributed by atoms with Crippen LogP contribution in [-0.2, 0) is 9.59 Å². The molecule has 0 saturated carbocycles. The first kappa shape index (κ1) is 12.9. The number of carbonyl (C=O) groups excluding carboxylic acids is 1. The van der Waals surface area contributed by atoms with Crippen LogP contribution < -0.4 is 11.1 Å². The molecule has 1 atom stereocenters. The minimum absolute atomic E-state index is 0.0217. The van der Waals surface area contributed by atoms with Crippen LogP contribution in [0.25, 0.3) is 0 Å². The van der Waals surface area contributed by atoms with Gasteiger partial charge in [-0.1, -0.05) is 0 Å². The summed E-state index contributed by atoms with van der Waals surface area (Å²) in [6, 6.07) is 0.0217. The van der Waals surface area contributed by atoms with Crippen molar-refractivity contribution in [2.24, 2.45) is 5.73 Å². The number of rotatable bonds is 7. The van der Waals surface area contributed by atoms with Gasteiger partial charge < -0.3 is 16.2 Å². The van der Waals surface area contributed by atoms with Gasteiger partial charge in [0.2, 0.25) is 5.91 Å². The van der Waals surface area contributed by atoms with Crippen molar-refractivity contribution in [2.45, 2.75) is 38.6 Å². The molecule has 82 valence electrons. The highest BCUT2D eigenvalue weighted by molar-refractivity contribution is 5.76. The molecule has 0 aromatic rings. The summed E-state index contributed by atoms with van der Waals surface area (Å²) in [5.74, 6) is -0.874. The van der Waals surface area contributed by atoms with E-state index in [0.29, 0.717) is 25.8 Å². The standard InChI is InChI=1S/C9H18N2O3/c1-7(3-2-4-9(13)14)11-8(12)5-6-10/h7H,2-6,10H2,1H3,(H,11,12)(H,13,14). The maximum atomic E-state index is 11.0. The van der Waals surface area contributed by atoms with Gasteiger partial charge in [-0.15, -0.1) is 0 Å². The summed E-state index contributed by atoms with van der Waals surface area (Å²) in [5.41, 5.74) is 5.21. The van der Waals surface area contributed by atoms with Crippen molar-refractivity contribution >= 4 is 11.9 Å². The van der Waals surface area contributed by atoms with Gasteiger partial charge in [-0.3, -0.25) is 9.59 Å². The summed E-state index contributed by atoms with van der Waals surface area (Å²) in [4.78, 5) is 21.2. The van der Waals surface area contributed by atoms with Crippen molar-refractivity contribution in [1.82, 2.24) is 5.32 Å².